The highest BCUT2D eigenvalue weighted by atomic mass is 16.5. The smallest absolute Gasteiger partial charge is 0.225 e. The normalized spacial score (nSPS) is 18.0. The predicted octanol–water partition coefficient (Wildman–Crippen LogP) is 2.88. The summed E-state index contributed by atoms with van der Waals surface area (Å²) < 4.78 is 7.22. The first kappa shape index (κ1) is 21.4. The third-order valence-corrected chi connectivity index (χ3v) is 6.30. The van der Waals surface area contributed by atoms with Crippen molar-refractivity contribution >= 4 is 11.7 Å². The summed E-state index contributed by atoms with van der Waals surface area (Å²) in [6.07, 6.45) is 9.44. The van der Waals surface area contributed by atoms with Gasteiger partial charge in [0.15, 0.2) is 0 Å². The molecular formula is C24H31N5O2. The van der Waals surface area contributed by atoms with Gasteiger partial charge in [0.1, 0.15) is 5.82 Å². The van der Waals surface area contributed by atoms with Gasteiger partial charge in [-0.15, -0.1) is 5.92 Å². The maximum Gasteiger partial charge on any atom is 0.225 e. The lowest BCUT2D eigenvalue weighted by atomic mass is 9.93. The average molecular weight is 422 g/mol. The van der Waals surface area contributed by atoms with E-state index in [0.717, 1.165) is 68.8 Å². The Morgan fingerprint density at radius 3 is 2.55 bits per heavy atom. The Morgan fingerprint density at radius 2 is 1.90 bits per heavy atom. The summed E-state index contributed by atoms with van der Waals surface area (Å²) in [4.78, 5) is 22.0. The predicted molar refractivity (Wildman–Crippen MR) is 120 cm³/mol. The van der Waals surface area contributed by atoms with Crippen LogP contribution in [0.4, 0.5) is 5.82 Å². The standard InChI is InChI=1S/C24H31N5O2/c1-3-4-19-5-6-23(25-15-19)27-11-7-21(8-12-27)24(30)28-13-9-22(10-14-28)29-17-20(16-26-29)18-31-2/h5-6,15-17,21-22H,7-14,18H2,1-2H3. The molecule has 0 unspecified atom stereocenters. The van der Waals surface area contributed by atoms with E-state index in [1.165, 1.54) is 0 Å². The van der Waals surface area contributed by atoms with Gasteiger partial charge in [0, 0.05) is 62.7 Å². The van der Waals surface area contributed by atoms with E-state index in [4.69, 9.17) is 4.74 Å². The second kappa shape index (κ2) is 9.97. The van der Waals surface area contributed by atoms with Gasteiger partial charge in [-0.25, -0.2) is 4.98 Å². The van der Waals surface area contributed by atoms with Crippen molar-refractivity contribution in [3.8, 4) is 11.8 Å². The topological polar surface area (TPSA) is 63.5 Å². The summed E-state index contributed by atoms with van der Waals surface area (Å²) in [6.45, 7) is 5.77. The molecule has 31 heavy (non-hydrogen) atoms. The van der Waals surface area contributed by atoms with Crippen molar-refractivity contribution in [1.82, 2.24) is 19.7 Å². The average Bonchev–Trinajstić information content (AvgIpc) is 3.29. The number of carbonyl (C=O) groups excluding carboxylic acids is 1. The SMILES string of the molecule is CC#Cc1ccc(N2CCC(C(=O)N3CCC(n4cc(COC)cn4)CC3)CC2)nc1. The number of hydrogen-bond acceptors (Lipinski definition) is 5. The van der Waals surface area contributed by atoms with E-state index in [1.54, 1.807) is 7.11 Å². The van der Waals surface area contributed by atoms with Gasteiger partial charge >= 0.3 is 0 Å². The van der Waals surface area contributed by atoms with Gasteiger partial charge in [0.25, 0.3) is 0 Å². The Morgan fingerprint density at radius 1 is 1.13 bits per heavy atom. The summed E-state index contributed by atoms with van der Waals surface area (Å²) in [7, 11) is 1.70. The zero-order chi connectivity index (χ0) is 21.6. The van der Waals surface area contributed by atoms with E-state index in [9.17, 15) is 4.79 Å². The maximum absolute atomic E-state index is 13.1. The number of methoxy groups -OCH3 is 1. The van der Waals surface area contributed by atoms with Crippen molar-refractivity contribution in [2.75, 3.05) is 38.2 Å². The van der Waals surface area contributed by atoms with Crippen LogP contribution in [0.1, 0.15) is 49.8 Å². The van der Waals surface area contributed by atoms with Crippen molar-refractivity contribution in [1.29, 1.82) is 0 Å². The van der Waals surface area contributed by atoms with Gasteiger partial charge in [-0.2, -0.15) is 5.10 Å². The molecule has 4 heterocycles. The minimum absolute atomic E-state index is 0.121. The second-order valence-electron chi connectivity index (χ2n) is 8.36. The van der Waals surface area contributed by atoms with Crippen LogP contribution < -0.4 is 4.90 Å². The van der Waals surface area contributed by atoms with Crippen molar-refractivity contribution in [2.45, 2.75) is 45.3 Å². The molecule has 0 saturated carbocycles. The number of anilines is 1. The van der Waals surface area contributed by atoms with E-state index in [2.05, 4.69) is 37.9 Å². The summed E-state index contributed by atoms with van der Waals surface area (Å²) in [6, 6.07) is 4.40. The Kier molecular flexibility index (Phi) is 6.88. The molecule has 2 aromatic rings. The second-order valence-corrected chi connectivity index (χ2v) is 8.36. The van der Waals surface area contributed by atoms with Crippen molar-refractivity contribution in [3.63, 3.8) is 0 Å². The summed E-state index contributed by atoms with van der Waals surface area (Å²) >= 11 is 0. The first-order valence-electron chi connectivity index (χ1n) is 11.1. The molecule has 2 aliphatic rings. The molecule has 164 valence electrons. The van der Waals surface area contributed by atoms with Crippen LogP contribution in [-0.4, -0.2) is 58.9 Å². The fourth-order valence-corrected chi connectivity index (χ4v) is 4.57. The van der Waals surface area contributed by atoms with Gasteiger partial charge in [0.2, 0.25) is 5.91 Å². The van der Waals surface area contributed by atoms with Crippen LogP contribution in [-0.2, 0) is 16.1 Å². The van der Waals surface area contributed by atoms with Crippen LogP contribution in [0.2, 0.25) is 0 Å². The highest BCUT2D eigenvalue weighted by molar-refractivity contribution is 5.79. The molecule has 2 fully saturated rings. The largest absolute Gasteiger partial charge is 0.380 e. The zero-order valence-corrected chi connectivity index (χ0v) is 18.5. The van der Waals surface area contributed by atoms with Gasteiger partial charge in [-0.05, 0) is 44.7 Å². The van der Waals surface area contributed by atoms with Crippen LogP contribution in [0.5, 0.6) is 0 Å². The van der Waals surface area contributed by atoms with Gasteiger partial charge < -0.3 is 14.5 Å². The van der Waals surface area contributed by atoms with Crippen molar-refractivity contribution in [3.05, 3.63) is 41.9 Å². The quantitative estimate of drug-likeness (QED) is 0.695. The van der Waals surface area contributed by atoms with Gasteiger partial charge in [-0.1, -0.05) is 5.92 Å². The summed E-state index contributed by atoms with van der Waals surface area (Å²) in [5, 5.41) is 4.49. The fourth-order valence-electron chi connectivity index (χ4n) is 4.57. The first-order chi connectivity index (χ1) is 15.2. The van der Waals surface area contributed by atoms with E-state index in [1.807, 2.05) is 36.1 Å². The lowest BCUT2D eigenvalue weighted by Gasteiger charge is -2.37. The van der Waals surface area contributed by atoms with Gasteiger partial charge in [0.05, 0.1) is 18.8 Å². The number of carbonyl (C=O) groups is 1. The van der Waals surface area contributed by atoms with Gasteiger partial charge in [-0.3, -0.25) is 9.48 Å². The van der Waals surface area contributed by atoms with Crippen LogP contribution in [0.25, 0.3) is 0 Å². The third-order valence-electron chi connectivity index (χ3n) is 6.30. The monoisotopic (exact) mass is 421 g/mol. The van der Waals surface area contributed by atoms with E-state index in [-0.39, 0.29) is 5.92 Å². The molecule has 0 spiro atoms. The molecule has 2 aromatic heterocycles. The van der Waals surface area contributed by atoms with Crippen LogP contribution >= 0.6 is 0 Å². The highest BCUT2D eigenvalue weighted by Crippen LogP contribution is 2.27. The van der Waals surface area contributed by atoms with Crippen LogP contribution in [0, 0.1) is 17.8 Å². The van der Waals surface area contributed by atoms with Crippen LogP contribution in [0.3, 0.4) is 0 Å². The number of piperidine rings is 2. The maximum atomic E-state index is 13.1. The number of amides is 1. The molecule has 7 heteroatoms. The minimum Gasteiger partial charge on any atom is -0.380 e. The Balaban J connectivity index is 1.25. The zero-order valence-electron chi connectivity index (χ0n) is 18.5. The first-order valence-corrected chi connectivity index (χ1v) is 11.1. The number of nitrogens with zero attached hydrogens (tertiary/aromatic N) is 5. The Labute approximate surface area is 184 Å². The molecule has 0 radical (unpaired) electrons. The molecule has 0 bridgehead atoms. The molecule has 0 N–H and O–H groups in total. The highest BCUT2D eigenvalue weighted by Gasteiger charge is 2.31. The minimum atomic E-state index is 0.121. The summed E-state index contributed by atoms with van der Waals surface area (Å²) in [5.74, 6) is 7.33. The molecule has 2 aliphatic heterocycles. The number of aromatic nitrogens is 3. The Bertz CT molecular complexity index is 927. The number of ether oxygens (including phenoxy) is 1. The van der Waals surface area contributed by atoms with E-state index >= 15 is 0 Å². The molecule has 7 nitrogen and oxygen atoms in total. The molecule has 4 rings (SSSR count). The number of pyridine rings is 1. The third kappa shape index (κ3) is 5.08. The molecule has 0 atom stereocenters. The number of rotatable bonds is 5. The van der Waals surface area contributed by atoms with E-state index in [0.29, 0.717) is 18.6 Å². The summed E-state index contributed by atoms with van der Waals surface area (Å²) in [5.41, 5.74) is 2.03. The molecule has 0 aliphatic carbocycles. The lowest BCUT2D eigenvalue weighted by molar-refractivity contribution is -0.137. The lowest BCUT2D eigenvalue weighted by Crippen LogP contribution is -2.45. The fraction of sp³-hybridized carbons (Fsp3) is 0.542. The molecular weight excluding hydrogens is 390 g/mol. The number of hydrogen-bond donors (Lipinski definition) is 0. The molecule has 1 amide bonds. The molecule has 0 aromatic carbocycles. The Hall–Kier alpha value is -2.85. The molecule has 2 saturated heterocycles. The van der Waals surface area contributed by atoms with Crippen molar-refractivity contribution in [2.24, 2.45) is 5.92 Å². The van der Waals surface area contributed by atoms with Crippen LogP contribution in [0.15, 0.2) is 30.7 Å². The van der Waals surface area contributed by atoms with Crippen molar-refractivity contribution < 1.29 is 9.53 Å². The number of likely N-dealkylation sites (tertiary alicyclic amines) is 1. The van der Waals surface area contributed by atoms with E-state index < -0.39 is 0 Å².